The molecule has 3 nitrogen and oxygen atoms in total. The number of nitrogens with two attached hydrogens (primary N) is 1. The molecule has 0 atom stereocenters. The standard InChI is InChI=1S/C6H7N3.H2/c7-5-3-1-2-4-6(5)9-8;/h1-4,8H,7H2;1H. The Labute approximate surface area is 54.5 Å². The van der Waals surface area contributed by atoms with E-state index in [1.54, 1.807) is 18.2 Å². The van der Waals surface area contributed by atoms with Crippen LogP contribution in [-0.4, -0.2) is 0 Å². The summed E-state index contributed by atoms with van der Waals surface area (Å²) >= 11 is 0. The molecule has 0 spiro atoms. The number of benzene rings is 1. The van der Waals surface area contributed by atoms with Gasteiger partial charge in [-0.1, -0.05) is 12.1 Å². The van der Waals surface area contributed by atoms with Gasteiger partial charge >= 0.3 is 0 Å². The Kier molecular flexibility index (Phi) is 1.44. The fraction of sp³-hybridized carbons (Fsp3) is 0. The Hall–Kier alpha value is -1.38. The molecule has 48 valence electrons. The van der Waals surface area contributed by atoms with Crippen LogP contribution in [0.2, 0.25) is 0 Å². The van der Waals surface area contributed by atoms with Crippen LogP contribution in [0.1, 0.15) is 1.43 Å². The maximum atomic E-state index is 6.63. The lowest BCUT2D eigenvalue weighted by molar-refractivity contribution is 1.15. The molecule has 0 heterocycles. The van der Waals surface area contributed by atoms with Crippen LogP contribution in [-0.2, 0) is 0 Å². The molecule has 0 unspecified atom stereocenters. The van der Waals surface area contributed by atoms with Gasteiger partial charge < -0.3 is 5.73 Å². The maximum absolute atomic E-state index is 6.63. The van der Waals surface area contributed by atoms with Crippen LogP contribution in [0.25, 0.3) is 0 Å². The third-order valence-corrected chi connectivity index (χ3v) is 1.06. The van der Waals surface area contributed by atoms with Gasteiger partial charge in [-0.25, -0.2) is 5.53 Å². The van der Waals surface area contributed by atoms with E-state index < -0.39 is 0 Å². The summed E-state index contributed by atoms with van der Waals surface area (Å²) < 4.78 is 0. The molecule has 3 N–H and O–H groups in total. The average molecular weight is 123 g/mol. The topological polar surface area (TPSA) is 62.2 Å². The van der Waals surface area contributed by atoms with Gasteiger partial charge in [0.2, 0.25) is 0 Å². The van der Waals surface area contributed by atoms with Gasteiger partial charge in [-0.15, -0.1) is 0 Å². The molecular formula is C6H9N3. The quantitative estimate of drug-likeness (QED) is 0.436. The fourth-order valence-corrected chi connectivity index (χ4v) is 0.589. The molecule has 1 aromatic carbocycles. The lowest BCUT2D eigenvalue weighted by Crippen LogP contribution is -1.82. The summed E-state index contributed by atoms with van der Waals surface area (Å²) in [5.74, 6) is 0. The second-order valence-electron chi connectivity index (χ2n) is 1.67. The summed E-state index contributed by atoms with van der Waals surface area (Å²) in [5, 5.41) is 3.20. The van der Waals surface area contributed by atoms with Gasteiger partial charge in [0.25, 0.3) is 0 Å². The Morgan fingerprint density at radius 1 is 1.44 bits per heavy atom. The zero-order valence-electron chi connectivity index (χ0n) is 4.83. The molecule has 0 amide bonds. The summed E-state index contributed by atoms with van der Waals surface area (Å²) in [7, 11) is 0. The number of hydrogen-bond donors (Lipinski definition) is 2. The van der Waals surface area contributed by atoms with Gasteiger partial charge in [0, 0.05) is 1.43 Å². The summed E-state index contributed by atoms with van der Waals surface area (Å²) in [4.78, 5) is 0. The van der Waals surface area contributed by atoms with Crippen molar-refractivity contribution in [2.75, 3.05) is 5.73 Å². The van der Waals surface area contributed by atoms with Crippen molar-refractivity contribution in [2.45, 2.75) is 0 Å². The molecule has 0 aromatic heterocycles. The van der Waals surface area contributed by atoms with E-state index in [1.165, 1.54) is 0 Å². The van der Waals surface area contributed by atoms with E-state index in [-0.39, 0.29) is 1.43 Å². The zero-order valence-corrected chi connectivity index (χ0v) is 4.83. The highest BCUT2D eigenvalue weighted by molar-refractivity contribution is 5.60. The largest absolute Gasteiger partial charge is 0.397 e. The number of anilines is 1. The van der Waals surface area contributed by atoms with Crippen molar-refractivity contribution < 1.29 is 1.43 Å². The van der Waals surface area contributed by atoms with Gasteiger partial charge in [0.15, 0.2) is 0 Å². The summed E-state index contributed by atoms with van der Waals surface area (Å²) in [6.45, 7) is 0. The molecule has 0 aliphatic heterocycles. The minimum absolute atomic E-state index is 0. The van der Waals surface area contributed by atoms with E-state index in [0.29, 0.717) is 11.4 Å². The summed E-state index contributed by atoms with van der Waals surface area (Å²) in [6.07, 6.45) is 0. The fourth-order valence-electron chi connectivity index (χ4n) is 0.589. The lowest BCUT2D eigenvalue weighted by atomic mass is 10.3. The number of rotatable bonds is 1. The van der Waals surface area contributed by atoms with Gasteiger partial charge in [-0.05, 0) is 12.1 Å². The average Bonchev–Trinajstić information content (AvgIpc) is 1.89. The molecule has 0 radical (unpaired) electrons. The van der Waals surface area contributed by atoms with Crippen LogP contribution < -0.4 is 5.73 Å². The molecule has 0 saturated heterocycles. The van der Waals surface area contributed by atoms with Crippen molar-refractivity contribution in [3.63, 3.8) is 0 Å². The highest BCUT2D eigenvalue weighted by Gasteiger charge is 1.90. The lowest BCUT2D eigenvalue weighted by Gasteiger charge is -1.93. The molecule has 0 fully saturated rings. The number of nitrogens with zero attached hydrogens (tertiary/aromatic N) is 1. The summed E-state index contributed by atoms with van der Waals surface area (Å²) in [6, 6.07) is 7.02. The van der Waals surface area contributed by atoms with E-state index >= 15 is 0 Å². The Morgan fingerprint density at radius 3 is 2.56 bits per heavy atom. The van der Waals surface area contributed by atoms with Crippen molar-refractivity contribution in [3.05, 3.63) is 24.3 Å². The van der Waals surface area contributed by atoms with Gasteiger partial charge in [-0.3, -0.25) is 0 Å². The minimum atomic E-state index is 0. The highest BCUT2D eigenvalue weighted by atomic mass is 15.0. The second kappa shape index (κ2) is 2.26. The van der Waals surface area contributed by atoms with E-state index in [0.717, 1.165) is 0 Å². The van der Waals surface area contributed by atoms with Crippen molar-refractivity contribution in [2.24, 2.45) is 5.11 Å². The first-order chi connectivity index (χ1) is 4.34. The molecule has 0 aliphatic carbocycles. The zero-order chi connectivity index (χ0) is 6.69. The van der Waals surface area contributed by atoms with Gasteiger partial charge in [0.05, 0.1) is 5.69 Å². The molecule has 3 heteroatoms. The van der Waals surface area contributed by atoms with Gasteiger partial charge in [0.1, 0.15) is 5.69 Å². The Bertz CT molecular complexity index is 224. The first-order valence-corrected chi connectivity index (χ1v) is 2.56. The molecule has 1 aromatic rings. The third-order valence-electron chi connectivity index (χ3n) is 1.06. The number of nitrogen functional groups attached to an aromatic ring is 1. The van der Waals surface area contributed by atoms with Crippen LogP contribution >= 0.6 is 0 Å². The number of hydrogen-bond acceptors (Lipinski definition) is 3. The van der Waals surface area contributed by atoms with Crippen LogP contribution in [0, 0.1) is 5.53 Å². The monoisotopic (exact) mass is 123 g/mol. The summed E-state index contributed by atoms with van der Waals surface area (Å²) in [5.41, 5.74) is 13.1. The van der Waals surface area contributed by atoms with Crippen molar-refractivity contribution in [3.8, 4) is 0 Å². The van der Waals surface area contributed by atoms with Crippen LogP contribution in [0.5, 0.6) is 0 Å². The smallest absolute Gasteiger partial charge is 0.108 e. The maximum Gasteiger partial charge on any atom is 0.108 e. The van der Waals surface area contributed by atoms with Crippen molar-refractivity contribution >= 4 is 11.4 Å². The number of para-hydroxylation sites is 2. The van der Waals surface area contributed by atoms with Crippen LogP contribution in [0.4, 0.5) is 11.4 Å². The first kappa shape index (κ1) is 5.75. The molecule has 0 saturated carbocycles. The predicted octanol–water partition coefficient (Wildman–Crippen LogP) is 2.18. The Balaban J connectivity index is 0.000000810. The van der Waals surface area contributed by atoms with Crippen molar-refractivity contribution in [1.29, 1.82) is 5.53 Å². The van der Waals surface area contributed by atoms with E-state index in [4.69, 9.17) is 11.3 Å². The highest BCUT2D eigenvalue weighted by Crippen LogP contribution is 2.19. The van der Waals surface area contributed by atoms with E-state index in [2.05, 4.69) is 5.11 Å². The van der Waals surface area contributed by atoms with E-state index in [1.807, 2.05) is 6.07 Å². The molecule has 9 heavy (non-hydrogen) atoms. The van der Waals surface area contributed by atoms with Crippen LogP contribution in [0.3, 0.4) is 0 Å². The third kappa shape index (κ3) is 1.05. The SMILES string of the molecule is N=Nc1ccccc1N.[HH]. The van der Waals surface area contributed by atoms with Crippen molar-refractivity contribution in [1.82, 2.24) is 0 Å². The molecule has 0 aliphatic rings. The molecule has 1 rings (SSSR count). The normalized spacial score (nSPS) is 8.89. The van der Waals surface area contributed by atoms with Crippen LogP contribution in [0.15, 0.2) is 29.4 Å². The molecule has 0 bridgehead atoms. The Morgan fingerprint density at radius 2 is 2.11 bits per heavy atom. The predicted molar refractivity (Wildman–Crippen MR) is 37.8 cm³/mol. The first-order valence-electron chi connectivity index (χ1n) is 2.56. The number of nitrogens with one attached hydrogen (secondary N) is 1. The second-order valence-corrected chi connectivity index (χ2v) is 1.67. The van der Waals surface area contributed by atoms with E-state index in [9.17, 15) is 0 Å². The molecular weight excluding hydrogens is 114 g/mol. The minimum Gasteiger partial charge on any atom is -0.397 e. The van der Waals surface area contributed by atoms with Gasteiger partial charge in [-0.2, -0.15) is 5.11 Å².